The average Bonchev–Trinajstić information content (AvgIpc) is 3.14. The number of rotatable bonds is 4. The standard InChI is InChI=1S/C24H32N2O3/c27-23(25-24-12-16-8-17(13-24)10-18(9-16)14-24)15-26-5-1-2-20(26)19-3-4-21-22(11-19)29-7-6-28-21/h3-4,11,16-18,20H,1-2,5-10,12-15H2,(H,25,27)/t16?,17?,18?,20-,24?/m1/s1. The lowest BCUT2D eigenvalue weighted by molar-refractivity contribution is -0.128. The summed E-state index contributed by atoms with van der Waals surface area (Å²) >= 11 is 0. The summed E-state index contributed by atoms with van der Waals surface area (Å²) in [5.74, 6) is 4.50. The smallest absolute Gasteiger partial charge is 0.234 e. The third-order valence-electron chi connectivity index (χ3n) is 8.10. The van der Waals surface area contributed by atoms with Crippen LogP contribution in [0.15, 0.2) is 18.2 Å². The van der Waals surface area contributed by atoms with Crippen LogP contribution in [-0.4, -0.2) is 42.6 Å². The first-order valence-corrected chi connectivity index (χ1v) is 11.6. The molecule has 0 unspecified atom stereocenters. The lowest BCUT2D eigenvalue weighted by atomic mass is 9.53. The molecule has 0 aromatic heterocycles. The van der Waals surface area contributed by atoms with Crippen molar-refractivity contribution < 1.29 is 14.3 Å². The predicted molar refractivity (Wildman–Crippen MR) is 110 cm³/mol. The van der Waals surface area contributed by atoms with E-state index in [1.807, 2.05) is 6.07 Å². The molecule has 4 bridgehead atoms. The van der Waals surface area contributed by atoms with Crippen LogP contribution in [0.4, 0.5) is 0 Å². The van der Waals surface area contributed by atoms with E-state index in [9.17, 15) is 4.79 Å². The van der Waals surface area contributed by atoms with E-state index >= 15 is 0 Å². The minimum Gasteiger partial charge on any atom is -0.486 e. The Bertz CT molecular complexity index is 772. The van der Waals surface area contributed by atoms with Crippen LogP contribution < -0.4 is 14.8 Å². The van der Waals surface area contributed by atoms with E-state index in [1.165, 1.54) is 44.1 Å². The van der Waals surface area contributed by atoms with E-state index in [1.54, 1.807) is 0 Å². The molecule has 156 valence electrons. The molecule has 1 atom stereocenters. The van der Waals surface area contributed by atoms with Crippen LogP contribution in [0.5, 0.6) is 11.5 Å². The van der Waals surface area contributed by atoms with Gasteiger partial charge in [0.2, 0.25) is 5.91 Å². The van der Waals surface area contributed by atoms with Crippen LogP contribution in [-0.2, 0) is 4.79 Å². The summed E-state index contributed by atoms with van der Waals surface area (Å²) in [5, 5.41) is 3.55. The van der Waals surface area contributed by atoms with Gasteiger partial charge < -0.3 is 14.8 Å². The molecule has 0 radical (unpaired) electrons. The van der Waals surface area contributed by atoms with Crippen LogP contribution in [0.25, 0.3) is 0 Å². The van der Waals surface area contributed by atoms with Gasteiger partial charge in [0, 0.05) is 11.6 Å². The Balaban J connectivity index is 1.14. The van der Waals surface area contributed by atoms with Gasteiger partial charge in [-0.15, -0.1) is 0 Å². The molecule has 0 spiro atoms. The first-order valence-electron chi connectivity index (χ1n) is 11.6. The highest BCUT2D eigenvalue weighted by Gasteiger charge is 2.51. The molecule has 2 heterocycles. The molecular formula is C24H32N2O3. The van der Waals surface area contributed by atoms with Crippen molar-refractivity contribution in [2.75, 3.05) is 26.3 Å². The molecule has 1 N–H and O–H groups in total. The van der Waals surface area contributed by atoms with Gasteiger partial charge in [-0.1, -0.05) is 6.07 Å². The molecular weight excluding hydrogens is 364 g/mol. The number of nitrogens with zero attached hydrogens (tertiary/aromatic N) is 1. The molecule has 1 aromatic carbocycles. The van der Waals surface area contributed by atoms with E-state index in [0.29, 0.717) is 25.8 Å². The molecule has 4 aliphatic carbocycles. The van der Waals surface area contributed by atoms with Crippen molar-refractivity contribution in [1.82, 2.24) is 10.2 Å². The van der Waals surface area contributed by atoms with Gasteiger partial charge >= 0.3 is 0 Å². The topological polar surface area (TPSA) is 50.8 Å². The molecule has 1 saturated heterocycles. The molecule has 4 saturated carbocycles. The molecule has 6 aliphatic rings. The zero-order valence-electron chi connectivity index (χ0n) is 17.2. The maximum Gasteiger partial charge on any atom is 0.234 e. The summed E-state index contributed by atoms with van der Waals surface area (Å²) < 4.78 is 11.4. The number of amides is 1. The molecule has 1 aromatic rings. The minimum absolute atomic E-state index is 0.109. The second kappa shape index (κ2) is 6.90. The van der Waals surface area contributed by atoms with Crippen molar-refractivity contribution >= 4 is 5.91 Å². The molecule has 5 fully saturated rings. The average molecular weight is 397 g/mol. The highest BCUT2D eigenvalue weighted by molar-refractivity contribution is 5.79. The Labute approximate surface area is 173 Å². The lowest BCUT2D eigenvalue weighted by Crippen LogP contribution is -2.60. The third-order valence-corrected chi connectivity index (χ3v) is 8.10. The second-order valence-electron chi connectivity index (χ2n) is 10.3. The summed E-state index contributed by atoms with van der Waals surface area (Å²) in [6, 6.07) is 6.59. The monoisotopic (exact) mass is 396 g/mol. The maximum atomic E-state index is 13.1. The lowest BCUT2D eigenvalue weighted by Gasteiger charge is -2.57. The Morgan fingerprint density at radius 2 is 1.72 bits per heavy atom. The SMILES string of the molecule is O=C(CN1CCC[C@@H]1c1ccc2c(c1)OCCO2)NC12CC3CC(CC(C3)C1)C2. The minimum atomic E-state index is 0.109. The van der Waals surface area contributed by atoms with Gasteiger partial charge in [-0.3, -0.25) is 9.69 Å². The van der Waals surface area contributed by atoms with Gasteiger partial charge in [0.15, 0.2) is 11.5 Å². The quantitative estimate of drug-likeness (QED) is 0.844. The molecule has 7 rings (SSSR count). The summed E-state index contributed by atoms with van der Waals surface area (Å²) in [5.41, 5.74) is 1.35. The van der Waals surface area contributed by atoms with Crippen LogP contribution >= 0.6 is 0 Å². The summed E-state index contributed by atoms with van der Waals surface area (Å²) in [4.78, 5) is 15.5. The van der Waals surface area contributed by atoms with E-state index in [0.717, 1.165) is 48.6 Å². The molecule has 5 heteroatoms. The fourth-order valence-corrected chi connectivity index (χ4v) is 7.44. The van der Waals surface area contributed by atoms with E-state index in [4.69, 9.17) is 9.47 Å². The predicted octanol–water partition coefficient (Wildman–Crippen LogP) is 3.68. The molecule has 1 amide bonds. The molecule has 2 aliphatic heterocycles. The fraction of sp³-hybridized carbons (Fsp3) is 0.708. The van der Waals surface area contributed by atoms with Crippen LogP contribution in [0, 0.1) is 17.8 Å². The highest BCUT2D eigenvalue weighted by Crippen LogP contribution is 2.55. The number of likely N-dealkylation sites (tertiary alicyclic amines) is 1. The van der Waals surface area contributed by atoms with Gasteiger partial charge in [-0.2, -0.15) is 0 Å². The summed E-state index contributed by atoms with van der Waals surface area (Å²) in [7, 11) is 0. The van der Waals surface area contributed by atoms with E-state index in [-0.39, 0.29) is 11.4 Å². The normalized spacial score (nSPS) is 37.7. The largest absolute Gasteiger partial charge is 0.486 e. The van der Waals surface area contributed by atoms with Gasteiger partial charge in [-0.25, -0.2) is 0 Å². The van der Waals surface area contributed by atoms with Crippen molar-refractivity contribution in [3.05, 3.63) is 23.8 Å². The van der Waals surface area contributed by atoms with Crippen LogP contribution in [0.3, 0.4) is 0 Å². The molecule has 5 nitrogen and oxygen atoms in total. The second-order valence-corrected chi connectivity index (χ2v) is 10.3. The summed E-state index contributed by atoms with van der Waals surface area (Å²) in [6.07, 6.45) is 10.1. The van der Waals surface area contributed by atoms with Crippen molar-refractivity contribution in [1.29, 1.82) is 0 Å². The number of carbonyl (C=O) groups is 1. The maximum absolute atomic E-state index is 13.1. The van der Waals surface area contributed by atoms with Crippen molar-refractivity contribution in [3.8, 4) is 11.5 Å². The number of fused-ring (bicyclic) bond motifs is 1. The zero-order valence-corrected chi connectivity index (χ0v) is 17.2. The Kier molecular flexibility index (Phi) is 4.30. The summed E-state index contributed by atoms with van der Waals surface area (Å²) in [6.45, 7) is 2.74. The third kappa shape index (κ3) is 3.31. The number of nitrogens with one attached hydrogen (secondary N) is 1. The van der Waals surface area contributed by atoms with Gasteiger partial charge in [-0.05, 0) is 93.4 Å². The van der Waals surface area contributed by atoms with Gasteiger partial charge in [0.1, 0.15) is 13.2 Å². The van der Waals surface area contributed by atoms with Gasteiger partial charge in [0.25, 0.3) is 0 Å². The van der Waals surface area contributed by atoms with E-state index in [2.05, 4.69) is 22.3 Å². The van der Waals surface area contributed by atoms with E-state index < -0.39 is 0 Å². The number of ether oxygens (including phenoxy) is 2. The Hall–Kier alpha value is -1.75. The van der Waals surface area contributed by atoms with Crippen molar-refractivity contribution in [2.45, 2.75) is 62.9 Å². The Morgan fingerprint density at radius 1 is 1.03 bits per heavy atom. The first-order chi connectivity index (χ1) is 14.2. The number of carbonyl (C=O) groups excluding carboxylic acids is 1. The van der Waals surface area contributed by atoms with Crippen LogP contribution in [0.1, 0.15) is 63.0 Å². The van der Waals surface area contributed by atoms with Crippen molar-refractivity contribution in [2.24, 2.45) is 17.8 Å². The highest BCUT2D eigenvalue weighted by atomic mass is 16.6. The number of hydrogen-bond donors (Lipinski definition) is 1. The van der Waals surface area contributed by atoms with Crippen molar-refractivity contribution in [3.63, 3.8) is 0 Å². The first kappa shape index (κ1) is 18.1. The zero-order chi connectivity index (χ0) is 19.4. The number of hydrogen-bond acceptors (Lipinski definition) is 4. The van der Waals surface area contributed by atoms with Crippen LogP contribution in [0.2, 0.25) is 0 Å². The van der Waals surface area contributed by atoms with Gasteiger partial charge in [0.05, 0.1) is 6.54 Å². The molecule has 29 heavy (non-hydrogen) atoms. The number of benzene rings is 1. The fourth-order valence-electron chi connectivity index (χ4n) is 7.44. The Morgan fingerprint density at radius 3 is 2.45 bits per heavy atom.